The maximum absolute atomic E-state index is 12.4. The van der Waals surface area contributed by atoms with Gasteiger partial charge in [0.05, 0.1) is 5.02 Å². The van der Waals surface area contributed by atoms with Crippen molar-refractivity contribution in [3.63, 3.8) is 0 Å². The Bertz CT molecular complexity index is 599. The predicted octanol–water partition coefficient (Wildman–Crippen LogP) is 5.14. The van der Waals surface area contributed by atoms with E-state index < -0.39 is 6.10 Å². The molecule has 2 aromatic carbocycles. The number of hydrogen-bond donors (Lipinski definition) is 0. The van der Waals surface area contributed by atoms with Crippen molar-refractivity contribution in [2.24, 2.45) is 0 Å². The average molecular weight is 354 g/mol. The van der Waals surface area contributed by atoms with E-state index >= 15 is 0 Å². The van der Waals surface area contributed by atoms with E-state index in [4.69, 9.17) is 16.3 Å². The summed E-state index contributed by atoms with van der Waals surface area (Å²) < 4.78 is 6.64. The number of carbonyl (C=O) groups is 1. The normalized spacial score (nSPS) is 11.9. The lowest BCUT2D eigenvalue weighted by Crippen LogP contribution is -2.26. The first-order valence-electron chi connectivity index (χ1n) is 6.32. The van der Waals surface area contributed by atoms with Crippen molar-refractivity contribution in [1.29, 1.82) is 0 Å². The second-order valence-electron chi connectivity index (χ2n) is 4.32. The third-order valence-electron chi connectivity index (χ3n) is 2.88. The Morgan fingerprint density at radius 1 is 1.25 bits per heavy atom. The summed E-state index contributed by atoms with van der Waals surface area (Å²) in [6, 6.07) is 14.5. The van der Waals surface area contributed by atoms with Crippen molar-refractivity contribution >= 4 is 33.3 Å². The van der Waals surface area contributed by atoms with Crippen LogP contribution in [0.2, 0.25) is 5.02 Å². The molecule has 0 bridgehead atoms. The first kappa shape index (κ1) is 15.1. The van der Waals surface area contributed by atoms with Crippen molar-refractivity contribution in [2.75, 3.05) is 0 Å². The van der Waals surface area contributed by atoms with E-state index in [0.717, 1.165) is 4.47 Å². The zero-order valence-electron chi connectivity index (χ0n) is 11.0. The van der Waals surface area contributed by atoms with Gasteiger partial charge in [-0.2, -0.15) is 0 Å². The van der Waals surface area contributed by atoms with Gasteiger partial charge in [0, 0.05) is 10.0 Å². The molecule has 0 radical (unpaired) electrons. The number of ether oxygens (including phenoxy) is 1. The third kappa shape index (κ3) is 3.62. The molecule has 2 aromatic rings. The molecule has 20 heavy (non-hydrogen) atoms. The van der Waals surface area contributed by atoms with Crippen LogP contribution in [0.3, 0.4) is 0 Å². The van der Waals surface area contributed by atoms with E-state index in [1.165, 1.54) is 0 Å². The predicted molar refractivity (Wildman–Crippen MR) is 84.6 cm³/mol. The number of ketones is 1. The Balaban J connectivity index is 2.21. The molecule has 4 heteroatoms. The van der Waals surface area contributed by atoms with Crippen molar-refractivity contribution in [3.05, 3.63) is 63.6 Å². The fourth-order valence-corrected chi connectivity index (χ4v) is 2.33. The van der Waals surface area contributed by atoms with Gasteiger partial charge in [-0.05, 0) is 24.6 Å². The lowest BCUT2D eigenvalue weighted by atomic mass is 10.0. The maximum Gasteiger partial charge on any atom is 0.203 e. The molecule has 0 heterocycles. The summed E-state index contributed by atoms with van der Waals surface area (Å²) in [6.45, 7) is 1.91. The van der Waals surface area contributed by atoms with Crippen LogP contribution in [0.25, 0.3) is 0 Å². The lowest BCUT2D eigenvalue weighted by molar-refractivity contribution is 0.0787. The number of Topliss-reactive ketones (excluding diaryl/α,β-unsaturated/α-hetero) is 1. The Kier molecular flexibility index (Phi) is 5.21. The number of rotatable bonds is 5. The molecule has 0 aliphatic carbocycles. The van der Waals surface area contributed by atoms with E-state index in [1.807, 2.05) is 31.2 Å². The molecule has 0 N–H and O–H groups in total. The van der Waals surface area contributed by atoms with Gasteiger partial charge < -0.3 is 4.74 Å². The third-order valence-corrected chi connectivity index (χ3v) is 3.69. The van der Waals surface area contributed by atoms with Crippen LogP contribution < -0.4 is 4.74 Å². The second kappa shape index (κ2) is 6.91. The highest BCUT2D eigenvalue weighted by atomic mass is 79.9. The van der Waals surface area contributed by atoms with Gasteiger partial charge in [-0.1, -0.05) is 64.8 Å². The summed E-state index contributed by atoms with van der Waals surface area (Å²) in [5.41, 5.74) is 0.644. The molecule has 0 spiro atoms. The fourth-order valence-electron chi connectivity index (χ4n) is 1.83. The lowest BCUT2D eigenvalue weighted by Gasteiger charge is -2.17. The van der Waals surface area contributed by atoms with Crippen molar-refractivity contribution < 1.29 is 9.53 Å². The molecule has 2 rings (SSSR count). The zero-order valence-corrected chi connectivity index (χ0v) is 13.3. The molecule has 0 aromatic heterocycles. The van der Waals surface area contributed by atoms with Gasteiger partial charge in [0.1, 0.15) is 5.75 Å². The first-order chi connectivity index (χ1) is 9.61. The van der Waals surface area contributed by atoms with E-state index in [0.29, 0.717) is 22.8 Å². The molecule has 0 aliphatic rings. The van der Waals surface area contributed by atoms with Crippen LogP contribution in [-0.2, 0) is 0 Å². The molecule has 1 atom stereocenters. The summed E-state index contributed by atoms with van der Waals surface area (Å²) in [7, 11) is 0. The van der Waals surface area contributed by atoms with Crippen LogP contribution in [0.5, 0.6) is 5.75 Å². The molecular weight excluding hydrogens is 340 g/mol. The highest BCUT2D eigenvalue weighted by molar-refractivity contribution is 9.10. The number of carbonyl (C=O) groups excluding carboxylic acids is 1. The number of hydrogen-bond acceptors (Lipinski definition) is 2. The average Bonchev–Trinajstić information content (AvgIpc) is 2.48. The van der Waals surface area contributed by atoms with Crippen LogP contribution >= 0.6 is 27.5 Å². The van der Waals surface area contributed by atoms with E-state index in [9.17, 15) is 4.79 Å². The molecule has 0 saturated heterocycles. The van der Waals surface area contributed by atoms with Crippen LogP contribution in [0.15, 0.2) is 53.0 Å². The second-order valence-corrected chi connectivity index (χ2v) is 5.64. The minimum Gasteiger partial charge on any atom is -0.481 e. The largest absolute Gasteiger partial charge is 0.481 e. The SMILES string of the molecule is CCC(Oc1cc(Br)ccc1Cl)C(=O)c1ccccc1. The topological polar surface area (TPSA) is 26.3 Å². The van der Waals surface area contributed by atoms with Crippen LogP contribution in [0, 0.1) is 0 Å². The van der Waals surface area contributed by atoms with Crippen molar-refractivity contribution in [1.82, 2.24) is 0 Å². The van der Waals surface area contributed by atoms with Gasteiger partial charge >= 0.3 is 0 Å². The van der Waals surface area contributed by atoms with Gasteiger partial charge in [0.15, 0.2) is 6.10 Å². The summed E-state index contributed by atoms with van der Waals surface area (Å²) >= 11 is 9.46. The Morgan fingerprint density at radius 2 is 1.95 bits per heavy atom. The van der Waals surface area contributed by atoms with Gasteiger partial charge in [0.2, 0.25) is 5.78 Å². The quantitative estimate of drug-likeness (QED) is 0.695. The zero-order chi connectivity index (χ0) is 14.5. The molecular formula is C16H14BrClO2. The van der Waals surface area contributed by atoms with Crippen LogP contribution in [0.4, 0.5) is 0 Å². The monoisotopic (exact) mass is 352 g/mol. The molecule has 1 unspecified atom stereocenters. The standard InChI is InChI=1S/C16H14BrClO2/c1-2-14(16(19)11-6-4-3-5-7-11)20-15-10-12(17)8-9-13(15)18/h3-10,14H,2H2,1H3. The van der Waals surface area contributed by atoms with Crippen LogP contribution in [0.1, 0.15) is 23.7 Å². The maximum atomic E-state index is 12.4. The fraction of sp³-hybridized carbons (Fsp3) is 0.188. The van der Waals surface area contributed by atoms with Gasteiger partial charge in [-0.3, -0.25) is 4.79 Å². The first-order valence-corrected chi connectivity index (χ1v) is 7.50. The smallest absolute Gasteiger partial charge is 0.203 e. The Hall–Kier alpha value is -1.32. The molecule has 104 valence electrons. The molecule has 0 aliphatic heterocycles. The molecule has 2 nitrogen and oxygen atoms in total. The van der Waals surface area contributed by atoms with Crippen molar-refractivity contribution in [2.45, 2.75) is 19.4 Å². The van der Waals surface area contributed by atoms with Gasteiger partial charge in [-0.25, -0.2) is 0 Å². The van der Waals surface area contributed by atoms with E-state index in [1.54, 1.807) is 24.3 Å². The van der Waals surface area contributed by atoms with Gasteiger partial charge in [0.25, 0.3) is 0 Å². The molecule has 0 fully saturated rings. The minimum atomic E-state index is -0.538. The highest BCUT2D eigenvalue weighted by Gasteiger charge is 2.21. The van der Waals surface area contributed by atoms with Crippen LogP contribution in [-0.4, -0.2) is 11.9 Å². The van der Waals surface area contributed by atoms with Crippen molar-refractivity contribution in [3.8, 4) is 5.75 Å². The molecule has 0 amide bonds. The number of benzene rings is 2. The summed E-state index contributed by atoms with van der Waals surface area (Å²) in [4.78, 5) is 12.4. The summed E-state index contributed by atoms with van der Waals surface area (Å²) in [5, 5.41) is 0.493. The Morgan fingerprint density at radius 3 is 2.60 bits per heavy atom. The van der Waals surface area contributed by atoms with E-state index in [-0.39, 0.29) is 5.78 Å². The number of halogens is 2. The molecule has 0 saturated carbocycles. The summed E-state index contributed by atoms with van der Waals surface area (Å²) in [6.07, 6.45) is 0.0422. The minimum absolute atomic E-state index is 0.0378. The highest BCUT2D eigenvalue weighted by Crippen LogP contribution is 2.29. The summed E-state index contributed by atoms with van der Waals surface area (Å²) in [5.74, 6) is 0.473. The van der Waals surface area contributed by atoms with Gasteiger partial charge in [-0.15, -0.1) is 0 Å². The van der Waals surface area contributed by atoms with E-state index in [2.05, 4.69) is 15.9 Å². The Labute approximate surface area is 131 Å².